The van der Waals surface area contributed by atoms with E-state index in [4.69, 9.17) is 0 Å². The second-order valence-corrected chi connectivity index (χ2v) is 6.03. The molecule has 8 heteroatoms. The van der Waals surface area contributed by atoms with Gasteiger partial charge >= 0.3 is 0 Å². The van der Waals surface area contributed by atoms with Gasteiger partial charge in [-0.3, -0.25) is 9.79 Å². The summed E-state index contributed by atoms with van der Waals surface area (Å²) in [6, 6.07) is 0.141. The third kappa shape index (κ3) is 7.60. The van der Waals surface area contributed by atoms with Gasteiger partial charge in [-0.1, -0.05) is 0 Å². The Labute approximate surface area is 147 Å². The molecule has 6 nitrogen and oxygen atoms in total. The zero-order valence-corrected chi connectivity index (χ0v) is 16.3. The van der Waals surface area contributed by atoms with Crippen LogP contribution in [0.5, 0.6) is 0 Å². The first-order valence-corrected chi connectivity index (χ1v) is 7.40. The molecular formula is C13H24IN5OS. The van der Waals surface area contributed by atoms with Crippen molar-refractivity contribution in [1.29, 1.82) is 0 Å². The fourth-order valence-corrected chi connectivity index (χ4v) is 2.54. The molecule has 0 aliphatic rings. The molecule has 0 atom stereocenters. The number of rotatable bonds is 5. The quantitative estimate of drug-likeness (QED) is 0.380. The number of aryl methyl sites for hydroxylation is 2. The summed E-state index contributed by atoms with van der Waals surface area (Å²) < 4.78 is 0. The molecule has 1 aromatic heterocycles. The Hall–Kier alpha value is -0.900. The number of halogens is 1. The predicted molar refractivity (Wildman–Crippen MR) is 98.5 cm³/mol. The molecule has 1 rings (SSSR count). The molecule has 3 N–H and O–H groups in total. The maximum atomic E-state index is 11.5. The van der Waals surface area contributed by atoms with Crippen molar-refractivity contribution in [1.82, 2.24) is 20.9 Å². The Balaban J connectivity index is 0.00000400. The number of aliphatic imine (C=N–C) groups is 1. The highest BCUT2D eigenvalue weighted by atomic mass is 127. The van der Waals surface area contributed by atoms with Crippen molar-refractivity contribution in [2.45, 2.75) is 40.3 Å². The molecule has 0 unspecified atom stereocenters. The van der Waals surface area contributed by atoms with Crippen molar-refractivity contribution >= 4 is 47.2 Å². The average Bonchev–Trinajstić information content (AvgIpc) is 2.67. The SMILES string of the molecule is CN=C(NCC(=O)NC(C)C)NCc1sc(C)nc1C.I. The van der Waals surface area contributed by atoms with Gasteiger partial charge in [0.1, 0.15) is 0 Å². The molecule has 0 saturated heterocycles. The van der Waals surface area contributed by atoms with Crippen LogP contribution in [0.15, 0.2) is 4.99 Å². The van der Waals surface area contributed by atoms with Gasteiger partial charge in [-0.15, -0.1) is 35.3 Å². The highest BCUT2D eigenvalue weighted by Gasteiger charge is 2.07. The summed E-state index contributed by atoms with van der Waals surface area (Å²) >= 11 is 1.66. The summed E-state index contributed by atoms with van der Waals surface area (Å²) in [4.78, 5) is 21.2. The number of thiazole rings is 1. The lowest BCUT2D eigenvalue weighted by molar-refractivity contribution is -0.120. The maximum Gasteiger partial charge on any atom is 0.239 e. The third-order valence-electron chi connectivity index (χ3n) is 2.51. The number of hydrogen-bond acceptors (Lipinski definition) is 4. The van der Waals surface area contributed by atoms with Gasteiger partial charge in [0, 0.05) is 18.0 Å². The second kappa shape index (κ2) is 9.93. The van der Waals surface area contributed by atoms with Gasteiger partial charge < -0.3 is 16.0 Å². The number of amides is 1. The monoisotopic (exact) mass is 425 g/mol. The zero-order valence-electron chi connectivity index (χ0n) is 13.1. The number of aromatic nitrogens is 1. The molecular weight excluding hydrogens is 401 g/mol. The van der Waals surface area contributed by atoms with Crippen LogP contribution in [0.4, 0.5) is 0 Å². The van der Waals surface area contributed by atoms with Crippen molar-refractivity contribution in [3.8, 4) is 0 Å². The van der Waals surface area contributed by atoms with Gasteiger partial charge in [0.05, 0.1) is 23.8 Å². The van der Waals surface area contributed by atoms with Crippen molar-refractivity contribution in [3.05, 3.63) is 15.6 Å². The van der Waals surface area contributed by atoms with Crippen molar-refractivity contribution in [3.63, 3.8) is 0 Å². The Kier molecular flexibility index (Phi) is 9.51. The van der Waals surface area contributed by atoms with Gasteiger partial charge in [0.15, 0.2) is 5.96 Å². The van der Waals surface area contributed by atoms with Gasteiger partial charge in [0.25, 0.3) is 0 Å². The summed E-state index contributed by atoms with van der Waals surface area (Å²) in [5.74, 6) is 0.558. The van der Waals surface area contributed by atoms with Crippen molar-refractivity contribution < 1.29 is 4.79 Å². The topological polar surface area (TPSA) is 78.4 Å². The van der Waals surface area contributed by atoms with Crippen LogP contribution in [0.25, 0.3) is 0 Å². The molecule has 0 spiro atoms. The number of guanidine groups is 1. The normalized spacial score (nSPS) is 11.0. The predicted octanol–water partition coefficient (Wildman–Crippen LogP) is 1.57. The van der Waals surface area contributed by atoms with Crippen LogP contribution in [0.1, 0.15) is 29.4 Å². The highest BCUT2D eigenvalue weighted by Crippen LogP contribution is 2.16. The largest absolute Gasteiger partial charge is 0.352 e. The fourth-order valence-electron chi connectivity index (χ4n) is 1.66. The third-order valence-corrected chi connectivity index (χ3v) is 3.58. The second-order valence-electron chi connectivity index (χ2n) is 4.74. The van der Waals surface area contributed by atoms with Crippen LogP contribution < -0.4 is 16.0 Å². The number of nitrogens with zero attached hydrogens (tertiary/aromatic N) is 2. The lowest BCUT2D eigenvalue weighted by Gasteiger charge is -2.12. The van der Waals surface area contributed by atoms with Gasteiger partial charge in [-0.2, -0.15) is 0 Å². The number of nitrogens with one attached hydrogen (secondary N) is 3. The van der Waals surface area contributed by atoms with Crippen molar-refractivity contribution in [2.75, 3.05) is 13.6 Å². The van der Waals surface area contributed by atoms with Crippen LogP contribution in [0, 0.1) is 13.8 Å². The average molecular weight is 425 g/mol. The van der Waals surface area contributed by atoms with E-state index in [1.54, 1.807) is 18.4 Å². The molecule has 0 saturated carbocycles. The molecule has 21 heavy (non-hydrogen) atoms. The molecule has 1 amide bonds. The zero-order chi connectivity index (χ0) is 15.1. The molecule has 1 aromatic rings. The fraction of sp³-hybridized carbons (Fsp3) is 0.615. The molecule has 1 heterocycles. The van der Waals surface area contributed by atoms with E-state index in [0.717, 1.165) is 10.7 Å². The van der Waals surface area contributed by atoms with Gasteiger partial charge in [0.2, 0.25) is 5.91 Å². The molecule has 0 radical (unpaired) electrons. The van der Waals surface area contributed by atoms with E-state index in [1.807, 2.05) is 27.7 Å². The van der Waals surface area contributed by atoms with Crippen LogP contribution in [0.2, 0.25) is 0 Å². The van der Waals surface area contributed by atoms with Gasteiger partial charge in [-0.25, -0.2) is 4.98 Å². The minimum atomic E-state index is -0.0484. The lowest BCUT2D eigenvalue weighted by atomic mass is 10.4. The number of carbonyl (C=O) groups excluding carboxylic acids is 1. The summed E-state index contributed by atoms with van der Waals surface area (Å²) in [6.07, 6.45) is 0. The van der Waals surface area contributed by atoms with Crippen LogP contribution in [0.3, 0.4) is 0 Å². The lowest BCUT2D eigenvalue weighted by Crippen LogP contribution is -2.44. The van der Waals surface area contributed by atoms with Crippen LogP contribution in [-0.4, -0.2) is 36.5 Å². The number of hydrogen-bond donors (Lipinski definition) is 3. The first-order valence-electron chi connectivity index (χ1n) is 6.59. The molecule has 0 aromatic carbocycles. The number of carbonyl (C=O) groups is 1. The van der Waals surface area contributed by atoms with E-state index in [9.17, 15) is 4.79 Å². The summed E-state index contributed by atoms with van der Waals surface area (Å²) in [6.45, 7) is 8.71. The van der Waals surface area contributed by atoms with E-state index >= 15 is 0 Å². The van der Waals surface area contributed by atoms with Crippen LogP contribution in [-0.2, 0) is 11.3 Å². The minimum Gasteiger partial charge on any atom is -0.352 e. The van der Waals surface area contributed by atoms with E-state index in [-0.39, 0.29) is 42.5 Å². The van der Waals surface area contributed by atoms with E-state index in [1.165, 1.54) is 4.88 Å². The summed E-state index contributed by atoms with van der Waals surface area (Å²) in [5.41, 5.74) is 1.04. The standard InChI is InChI=1S/C13H23N5OS.HI/c1-8(2)17-12(19)7-16-13(14-5)15-6-11-9(3)18-10(4)20-11;/h8H,6-7H2,1-5H3,(H,17,19)(H2,14,15,16);1H. The van der Waals surface area contributed by atoms with Crippen LogP contribution >= 0.6 is 35.3 Å². The Morgan fingerprint density at radius 2 is 2.00 bits per heavy atom. The van der Waals surface area contributed by atoms with E-state index in [0.29, 0.717) is 12.5 Å². The first kappa shape index (κ1) is 20.1. The molecule has 0 bridgehead atoms. The maximum absolute atomic E-state index is 11.5. The summed E-state index contributed by atoms with van der Waals surface area (Å²) in [5, 5.41) is 10.0. The molecule has 0 aliphatic heterocycles. The van der Waals surface area contributed by atoms with Gasteiger partial charge in [-0.05, 0) is 27.7 Å². The molecule has 0 aliphatic carbocycles. The summed E-state index contributed by atoms with van der Waals surface area (Å²) in [7, 11) is 1.68. The van der Waals surface area contributed by atoms with E-state index in [2.05, 4.69) is 25.9 Å². The Bertz CT molecular complexity index is 487. The molecule has 0 fully saturated rings. The minimum absolute atomic E-state index is 0. The van der Waals surface area contributed by atoms with Crippen molar-refractivity contribution in [2.24, 2.45) is 4.99 Å². The Morgan fingerprint density at radius 3 is 2.48 bits per heavy atom. The smallest absolute Gasteiger partial charge is 0.239 e. The highest BCUT2D eigenvalue weighted by molar-refractivity contribution is 14.0. The molecule has 120 valence electrons. The first-order chi connectivity index (χ1) is 9.42. The Morgan fingerprint density at radius 1 is 1.33 bits per heavy atom. The van der Waals surface area contributed by atoms with E-state index < -0.39 is 0 Å².